The topological polar surface area (TPSA) is 44.1 Å². The van der Waals surface area contributed by atoms with Crippen LogP contribution in [0.4, 0.5) is 0 Å². The molecule has 0 radical (unpaired) electrons. The third-order valence-electron chi connectivity index (χ3n) is 5.93. The smallest absolute Gasteiger partial charge is 0.251 e. The third-order valence-corrected chi connectivity index (χ3v) is 6.24. The molecule has 0 saturated carbocycles. The fourth-order valence-corrected chi connectivity index (χ4v) is 4.58. The molecule has 0 unspecified atom stereocenters. The molecular formula is C28H17ClN2O2. The summed E-state index contributed by atoms with van der Waals surface area (Å²) >= 11 is 6.64. The van der Waals surface area contributed by atoms with E-state index >= 15 is 0 Å². The summed E-state index contributed by atoms with van der Waals surface area (Å²) in [6, 6.07) is 23.2. The second kappa shape index (κ2) is 7.81. The number of halogens is 1. The van der Waals surface area contributed by atoms with Crippen molar-refractivity contribution in [2.75, 3.05) is 0 Å². The van der Waals surface area contributed by atoms with Gasteiger partial charge in [-0.1, -0.05) is 47.9 Å². The zero-order chi connectivity index (χ0) is 22.4. The Morgan fingerprint density at radius 2 is 1.70 bits per heavy atom. The molecule has 5 aromatic rings. The molecule has 6 rings (SSSR count). The summed E-state index contributed by atoms with van der Waals surface area (Å²) in [5, 5.41) is 3.55. The van der Waals surface area contributed by atoms with Crippen LogP contribution in [0.3, 0.4) is 0 Å². The zero-order valence-electron chi connectivity index (χ0n) is 17.5. The molecule has 4 nitrogen and oxygen atoms in total. The van der Waals surface area contributed by atoms with E-state index in [0.717, 1.165) is 27.3 Å². The molecule has 3 heterocycles. The molecule has 5 heteroatoms. The first-order valence-electron chi connectivity index (χ1n) is 10.6. The fourth-order valence-electron chi connectivity index (χ4n) is 4.31. The van der Waals surface area contributed by atoms with Crippen molar-refractivity contribution in [2.45, 2.75) is 13.2 Å². The minimum absolute atomic E-state index is 0.112. The molecular weight excluding hydrogens is 432 g/mol. The average Bonchev–Trinajstić information content (AvgIpc) is 2.83. The average molecular weight is 449 g/mol. The Morgan fingerprint density at radius 3 is 2.48 bits per heavy atom. The second-order valence-corrected chi connectivity index (χ2v) is 8.38. The van der Waals surface area contributed by atoms with Crippen LogP contribution < -0.4 is 10.3 Å². The van der Waals surface area contributed by atoms with Crippen LogP contribution in [0.15, 0.2) is 83.8 Å². The Morgan fingerprint density at radius 1 is 0.909 bits per heavy atom. The number of hydrogen-bond donors (Lipinski definition) is 0. The molecule has 1 aliphatic heterocycles. The van der Waals surface area contributed by atoms with Gasteiger partial charge in [0.25, 0.3) is 5.56 Å². The summed E-state index contributed by atoms with van der Waals surface area (Å²) < 4.78 is 8.10. The Balaban J connectivity index is 1.60. The van der Waals surface area contributed by atoms with Crippen molar-refractivity contribution in [1.29, 1.82) is 0 Å². The lowest BCUT2D eigenvalue weighted by atomic mass is 10.00. The van der Waals surface area contributed by atoms with Crippen LogP contribution in [0.1, 0.15) is 22.4 Å². The minimum Gasteiger partial charge on any atom is -0.485 e. The van der Waals surface area contributed by atoms with Gasteiger partial charge in [-0.25, -0.2) is 4.98 Å². The second-order valence-electron chi connectivity index (χ2n) is 7.98. The summed E-state index contributed by atoms with van der Waals surface area (Å²) in [7, 11) is 0. The van der Waals surface area contributed by atoms with E-state index in [4.69, 9.17) is 16.3 Å². The van der Waals surface area contributed by atoms with Crippen molar-refractivity contribution in [3.8, 4) is 17.6 Å². The molecule has 2 aromatic heterocycles. The van der Waals surface area contributed by atoms with Gasteiger partial charge in [0.15, 0.2) is 5.75 Å². The summed E-state index contributed by atoms with van der Waals surface area (Å²) in [6.07, 6.45) is 1.70. The SMILES string of the molecule is O=c1ccc2c(Cl)cc(C#Cc3ccccn3)c3c2n1Cc1cc2ccccc2cc1CO3. The van der Waals surface area contributed by atoms with Crippen molar-refractivity contribution >= 4 is 33.3 Å². The van der Waals surface area contributed by atoms with Crippen LogP contribution in [-0.4, -0.2) is 9.55 Å². The largest absolute Gasteiger partial charge is 0.485 e. The van der Waals surface area contributed by atoms with Crippen molar-refractivity contribution in [3.05, 3.63) is 117 Å². The lowest BCUT2D eigenvalue weighted by Gasteiger charge is -2.22. The van der Waals surface area contributed by atoms with Crippen molar-refractivity contribution < 1.29 is 4.74 Å². The van der Waals surface area contributed by atoms with Gasteiger partial charge < -0.3 is 9.30 Å². The van der Waals surface area contributed by atoms with Gasteiger partial charge in [-0.15, -0.1) is 0 Å². The summed E-state index contributed by atoms with van der Waals surface area (Å²) in [4.78, 5) is 17.3. The maximum Gasteiger partial charge on any atom is 0.251 e. The molecule has 33 heavy (non-hydrogen) atoms. The first-order valence-corrected chi connectivity index (χ1v) is 11.0. The van der Waals surface area contributed by atoms with Gasteiger partial charge in [-0.2, -0.15) is 0 Å². The maximum absolute atomic E-state index is 13.0. The number of benzene rings is 3. The maximum atomic E-state index is 13.0. The molecule has 0 fully saturated rings. The van der Waals surface area contributed by atoms with E-state index in [0.29, 0.717) is 40.7 Å². The van der Waals surface area contributed by atoms with Crippen LogP contribution in [0.5, 0.6) is 5.75 Å². The molecule has 1 aliphatic rings. The van der Waals surface area contributed by atoms with Crippen molar-refractivity contribution in [1.82, 2.24) is 9.55 Å². The normalized spacial score (nSPS) is 12.3. The van der Waals surface area contributed by atoms with E-state index < -0.39 is 0 Å². The predicted octanol–water partition coefficient (Wildman–Crippen LogP) is 5.54. The summed E-state index contributed by atoms with van der Waals surface area (Å²) in [5.41, 5.74) is 3.92. The van der Waals surface area contributed by atoms with E-state index in [9.17, 15) is 4.79 Å². The zero-order valence-corrected chi connectivity index (χ0v) is 18.3. The molecule has 0 atom stereocenters. The molecule has 0 amide bonds. The fraction of sp³-hybridized carbons (Fsp3) is 0.0714. The molecule has 0 aliphatic carbocycles. The van der Waals surface area contributed by atoms with Crippen LogP contribution in [-0.2, 0) is 13.2 Å². The first-order chi connectivity index (χ1) is 16.2. The first kappa shape index (κ1) is 19.6. The van der Waals surface area contributed by atoms with Gasteiger partial charge in [0.1, 0.15) is 12.3 Å². The van der Waals surface area contributed by atoms with Crippen LogP contribution in [0.2, 0.25) is 5.02 Å². The van der Waals surface area contributed by atoms with Gasteiger partial charge in [-0.05, 0) is 64.2 Å². The Labute approximate surface area is 195 Å². The Bertz CT molecular complexity index is 1680. The van der Waals surface area contributed by atoms with E-state index in [1.165, 1.54) is 0 Å². The minimum atomic E-state index is -0.112. The van der Waals surface area contributed by atoms with E-state index in [1.807, 2.05) is 30.3 Å². The number of rotatable bonds is 0. The van der Waals surface area contributed by atoms with Crippen LogP contribution in [0.25, 0.3) is 21.7 Å². The number of ether oxygens (including phenoxy) is 1. The number of pyridine rings is 2. The molecule has 158 valence electrons. The highest BCUT2D eigenvalue weighted by molar-refractivity contribution is 6.35. The molecule has 0 N–H and O–H groups in total. The van der Waals surface area contributed by atoms with Gasteiger partial charge in [0, 0.05) is 17.6 Å². The van der Waals surface area contributed by atoms with E-state index in [1.54, 1.807) is 29.0 Å². The van der Waals surface area contributed by atoms with Crippen molar-refractivity contribution in [3.63, 3.8) is 0 Å². The quantitative estimate of drug-likeness (QED) is 0.292. The lowest BCUT2D eigenvalue weighted by Crippen LogP contribution is -2.23. The molecule has 0 bridgehead atoms. The van der Waals surface area contributed by atoms with E-state index in [2.05, 4.69) is 41.1 Å². The summed E-state index contributed by atoms with van der Waals surface area (Å²) in [6.45, 7) is 0.804. The molecule has 0 saturated heterocycles. The third kappa shape index (κ3) is 3.44. The Kier molecular flexibility index (Phi) is 4.64. The standard InChI is InChI=1S/C28H17ClN2O2/c29-25-15-20(8-9-23-7-3-4-12-30-23)28-27-24(25)10-11-26(32)31(27)16-21-13-18-5-1-2-6-19(18)14-22(21)17-33-28/h1-7,10-15H,16-17H2. The van der Waals surface area contributed by atoms with E-state index in [-0.39, 0.29) is 5.56 Å². The number of hydrogen-bond acceptors (Lipinski definition) is 3. The monoisotopic (exact) mass is 448 g/mol. The van der Waals surface area contributed by atoms with Gasteiger partial charge in [-0.3, -0.25) is 4.79 Å². The van der Waals surface area contributed by atoms with Crippen LogP contribution in [0, 0.1) is 11.8 Å². The highest BCUT2D eigenvalue weighted by atomic mass is 35.5. The predicted molar refractivity (Wildman–Crippen MR) is 131 cm³/mol. The van der Waals surface area contributed by atoms with Crippen molar-refractivity contribution in [2.24, 2.45) is 0 Å². The molecule has 0 spiro atoms. The van der Waals surface area contributed by atoms with Gasteiger partial charge in [0.05, 0.1) is 22.6 Å². The lowest BCUT2D eigenvalue weighted by molar-refractivity contribution is 0.304. The number of aromatic nitrogens is 2. The van der Waals surface area contributed by atoms with Gasteiger partial charge >= 0.3 is 0 Å². The highest BCUT2D eigenvalue weighted by Gasteiger charge is 2.20. The number of nitrogens with zero attached hydrogens (tertiary/aromatic N) is 2. The number of fused-ring (bicyclic) bond motifs is 2. The Hall–Kier alpha value is -4.07. The molecule has 3 aromatic carbocycles. The van der Waals surface area contributed by atoms with Gasteiger partial charge in [0.2, 0.25) is 0 Å². The highest BCUT2D eigenvalue weighted by Crippen LogP contribution is 2.37. The van der Waals surface area contributed by atoms with Crippen LogP contribution >= 0.6 is 11.6 Å². The summed E-state index contributed by atoms with van der Waals surface area (Å²) in [5.74, 6) is 6.80.